The summed E-state index contributed by atoms with van der Waals surface area (Å²) in [6.07, 6.45) is 0. The Morgan fingerprint density at radius 3 is 1.49 bits per heavy atom. The Balaban J connectivity index is 1.18. The molecule has 0 radical (unpaired) electrons. The number of fused-ring (bicyclic) bond motifs is 5. The van der Waals surface area contributed by atoms with Crippen LogP contribution >= 0.6 is 0 Å². The van der Waals surface area contributed by atoms with E-state index in [1.54, 1.807) is 0 Å². The maximum atomic E-state index is 6.09. The van der Waals surface area contributed by atoms with E-state index in [9.17, 15) is 0 Å². The van der Waals surface area contributed by atoms with Crippen LogP contribution in [0.4, 0.5) is 17.1 Å². The molecular formula is C45H33NO. The summed E-state index contributed by atoms with van der Waals surface area (Å²) in [5.74, 6) is 0. The molecular weight excluding hydrogens is 571 g/mol. The quantitative estimate of drug-likeness (QED) is 0.199. The van der Waals surface area contributed by atoms with Gasteiger partial charge in [-0.15, -0.1) is 0 Å². The van der Waals surface area contributed by atoms with Gasteiger partial charge < -0.3 is 9.32 Å². The third-order valence-corrected chi connectivity index (χ3v) is 9.87. The highest BCUT2D eigenvalue weighted by molar-refractivity contribution is 6.06. The molecule has 0 unspecified atom stereocenters. The van der Waals surface area contributed by atoms with Crippen molar-refractivity contribution in [1.29, 1.82) is 0 Å². The largest absolute Gasteiger partial charge is 0.456 e. The molecule has 0 spiro atoms. The van der Waals surface area contributed by atoms with Crippen LogP contribution in [0.25, 0.3) is 55.3 Å². The van der Waals surface area contributed by atoms with Gasteiger partial charge >= 0.3 is 0 Å². The maximum absolute atomic E-state index is 6.09. The first-order chi connectivity index (χ1) is 23.0. The number of nitrogens with zero attached hydrogens (tertiary/aromatic N) is 1. The number of hydrogen-bond donors (Lipinski definition) is 0. The second-order valence-electron chi connectivity index (χ2n) is 13.0. The van der Waals surface area contributed by atoms with Crippen LogP contribution in [0, 0.1) is 0 Å². The van der Waals surface area contributed by atoms with E-state index < -0.39 is 0 Å². The van der Waals surface area contributed by atoms with E-state index in [2.05, 4.69) is 170 Å². The Labute approximate surface area is 275 Å². The van der Waals surface area contributed by atoms with Crippen molar-refractivity contribution in [2.45, 2.75) is 19.3 Å². The zero-order valence-electron chi connectivity index (χ0n) is 26.4. The second kappa shape index (κ2) is 10.6. The second-order valence-corrected chi connectivity index (χ2v) is 13.0. The van der Waals surface area contributed by atoms with Crippen LogP contribution in [0.5, 0.6) is 0 Å². The molecule has 1 aromatic heterocycles. The summed E-state index contributed by atoms with van der Waals surface area (Å²) in [6, 6.07) is 59.1. The third kappa shape index (κ3) is 4.48. The minimum absolute atomic E-state index is 0.209. The Kier molecular flexibility index (Phi) is 6.20. The fourth-order valence-corrected chi connectivity index (χ4v) is 7.35. The molecule has 0 N–H and O–H groups in total. The highest BCUT2D eigenvalue weighted by Crippen LogP contribution is 2.53. The minimum atomic E-state index is -0.209. The van der Waals surface area contributed by atoms with Crippen LogP contribution in [0.3, 0.4) is 0 Å². The lowest BCUT2D eigenvalue weighted by Crippen LogP contribution is -2.30. The summed E-state index contributed by atoms with van der Waals surface area (Å²) < 4.78 is 6.09. The molecule has 0 saturated carbocycles. The van der Waals surface area contributed by atoms with Crippen molar-refractivity contribution < 1.29 is 4.42 Å². The molecule has 2 heteroatoms. The van der Waals surface area contributed by atoms with Gasteiger partial charge in [0, 0.05) is 21.9 Å². The van der Waals surface area contributed by atoms with Crippen LogP contribution in [-0.4, -0.2) is 0 Å². The van der Waals surface area contributed by atoms with Crippen LogP contribution in [0.2, 0.25) is 0 Å². The average molecular weight is 604 g/mol. The molecule has 7 aromatic carbocycles. The summed E-state index contributed by atoms with van der Waals surface area (Å²) in [5.41, 5.74) is 15.1. The summed E-state index contributed by atoms with van der Waals surface area (Å²) >= 11 is 0. The van der Waals surface area contributed by atoms with E-state index in [4.69, 9.17) is 4.42 Å². The lowest BCUT2D eigenvalue weighted by molar-refractivity contribution is 0.632. The maximum Gasteiger partial charge on any atom is 0.135 e. The molecule has 0 fully saturated rings. The van der Waals surface area contributed by atoms with Crippen molar-refractivity contribution in [2.75, 3.05) is 4.90 Å². The number of hydrogen-bond acceptors (Lipinski definition) is 2. The molecule has 1 aliphatic rings. The first-order valence-corrected chi connectivity index (χ1v) is 16.3. The van der Waals surface area contributed by atoms with Crippen molar-refractivity contribution in [3.8, 4) is 33.4 Å². The summed E-state index contributed by atoms with van der Waals surface area (Å²) in [5, 5.41) is 2.29. The normalized spacial score (nSPS) is 13.4. The van der Waals surface area contributed by atoms with Crippen LogP contribution < -0.4 is 4.90 Å². The van der Waals surface area contributed by atoms with Crippen LogP contribution in [0.1, 0.15) is 25.0 Å². The molecule has 1 aliphatic heterocycles. The average Bonchev–Trinajstić information content (AvgIpc) is 3.51. The number of rotatable bonds is 4. The van der Waals surface area contributed by atoms with Crippen LogP contribution in [0.15, 0.2) is 168 Å². The molecule has 47 heavy (non-hydrogen) atoms. The van der Waals surface area contributed by atoms with Gasteiger partial charge in [-0.2, -0.15) is 0 Å². The topological polar surface area (TPSA) is 16.4 Å². The van der Waals surface area contributed by atoms with Gasteiger partial charge in [0.05, 0.1) is 11.4 Å². The molecule has 2 heterocycles. The predicted molar refractivity (Wildman–Crippen MR) is 197 cm³/mol. The Morgan fingerprint density at radius 1 is 0.404 bits per heavy atom. The zero-order chi connectivity index (χ0) is 31.5. The highest BCUT2D eigenvalue weighted by Gasteiger charge is 2.37. The highest BCUT2D eigenvalue weighted by atomic mass is 16.3. The van der Waals surface area contributed by atoms with Crippen molar-refractivity contribution in [1.82, 2.24) is 0 Å². The molecule has 224 valence electrons. The standard InChI is InChI=1S/C45H33NO/c1-45(2)39-28-34(30-11-5-3-6-12-30)19-24-41(39)46(42-25-20-35(29-40(42)45)31-13-7-4-8-14-31)36-22-17-32(18-23-36)33-21-26-44-38(27-33)37-15-9-10-16-43(37)47-44/h3-29H,1-2H3. The van der Waals surface area contributed by atoms with Crippen molar-refractivity contribution >= 4 is 39.0 Å². The van der Waals surface area contributed by atoms with E-state index >= 15 is 0 Å². The molecule has 8 aromatic rings. The van der Waals surface area contributed by atoms with Crippen molar-refractivity contribution in [3.63, 3.8) is 0 Å². The SMILES string of the molecule is CC1(C)c2cc(-c3ccccc3)ccc2N(c2ccc(-c3ccc4oc5ccccc5c4c3)cc2)c2ccc(-c3ccccc3)cc21. The van der Waals surface area contributed by atoms with E-state index in [1.165, 1.54) is 55.9 Å². The Bertz CT molecular complexity index is 2320. The summed E-state index contributed by atoms with van der Waals surface area (Å²) in [7, 11) is 0. The first kappa shape index (κ1) is 27.5. The lowest BCUT2D eigenvalue weighted by atomic mass is 9.72. The van der Waals surface area contributed by atoms with Gasteiger partial charge in [0.2, 0.25) is 0 Å². The number of benzene rings is 7. The molecule has 2 nitrogen and oxygen atoms in total. The van der Waals surface area contributed by atoms with E-state index in [0.29, 0.717) is 0 Å². The summed E-state index contributed by atoms with van der Waals surface area (Å²) in [4.78, 5) is 2.44. The van der Waals surface area contributed by atoms with E-state index in [1.807, 2.05) is 12.1 Å². The van der Waals surface area contributed by atoms with Crippen molar-refractivity contribution in [3.05, 3.63) is 175 Å². The molecule has 0 saturated heterocycles. The van der Waals surface area contributed by atoms with E-state index in [0.717, 1.165) is 27.6 Å². The molecule has 9 rings (SSSR count). The van der Waals surface area contributed by atoms with Gasteiger partial charge in [-0.1, -0.05) is 123 Å². The first-order valence-electron chi connectivity index (χ1n) is 16.3. The number of furan rings is 1. The van der Waals surface area contributed by atoms with Crippen molar-refractivity contribution in [2.24, 2.45) is 0 Å². The fraction of sp³-hybridized carbons (Fsp3) is 0.0667. The van der Waals surface area contributed by atoms with Gasteiger partial charge in [-0.05, 0) is 99.1 Å². The Hall–Kier alpha value is -5.86. The summed E-state index contributed by atoms with van der Waals surface area (Å²) in [6.45, 7) is 4.73. The minimum Gasteiger partial charge on any atom is -0.456 e. The molecule has 0 bridgehead atoms. The van der Waals surface area contributed by atoms with Gasteiger partial charge in [0.15, 0.2) is 0 Å². The smallest absolute Gasteiger partial charge is 0.135 e. The predicted octanol–water partition coefficient (Wildman–Crippen LogP) is 12.7. The van der Waals surface area contributed by atoms with Gasteiger partial charge in [-0.25, -0.2) is 0 Å². The number of para-hydroxylation sites is 1. The van der Waals surface area contributed by atoms with Crippen LogP contribution in [-0.2, 0) is 5.41 Å². The zero-order valence-corrected chi connectivity index (χ0v) is 26.4. The third-order valence-electron chi connectivity index (χ3n) is 9.87. The van der Waals surface area contributed by atoms with Gasteiger partial charge in [-0.3, -0.25) is 0 Å². The molecule has 0 atom stereocenters. The molecule has 0 amide bonds. The monoisotopic (exact) mass is 603 g/mol. The van der Waals surface area contributed by atoms with Gasteiger partial charge in [0.1, 0.15) is 11.2 Å². The van der Waals surface area contributed by atoms with Gasteiger partial charge in [0.25, 0.3) is 0 Å². The lowest BCUT2D eigenvalue weighted by Gasteiger charge is -2.42. The molecule has 0 aliphatic carbocycles. The Morgan fingerprint density at radius 2 is 0.872 bits per heavy atom. The van der Waals surface area contributed by atoms with E-state index in [-0.39, 0.29) is 5.41 Å². The fourth-order valence-electron chi connectivity index (χ4n) is 7.35. The number of anilines is 3.